The molecule has 0 spiro atoms. The monoisotopic (exact) mass is 167 g/mol. The Bertz CT molecular complexity index is 169. The molecule has 0 aromatic carbocycles. The van der Waals surface area contributed by atoms with Crippen LogP contribution in [0.3, 0.4) is 0 Å². The van der Waals surface area contributed by atoms with Crippen LogP contribution in [0.1, 0.15) is 44.9 Å². The van der Waals surface area contributed by atoms with E-state index in [0.29, 0.717) is 17.9 Å². The van der Waals surface area contributed by atoms with Gasteiger partial charge in [-0.05, 0) is 31.6 Å². The first-order chi connectivity index (χ1) is 5.84. The summed E-state index contributed by atoms with van der Waals surface area (Å²) >= 11 is 0. The third kappa shape index (κ3) is 2.23. The molecule has 12 heavy (non-hydrogen) atoms. The topological polar surface area (TPSA) is 29.1 Å². The van der Waals surface area contributed by atoms with Gasteiger partial charge >= 0.3 is 0 Å². The second kappa shape index (κ2) is 3.46. The molecule has 0 unspecified atom stereocenters. The molecule has 2 fully saturated rings. The second-order valence-electron chi connectivity index (χ2n) is 4.20. The molecule has 68 valence electrons. The lowest BCUT2D eigenvalue weighted by atomic mass is 10.0. The van der Waals surface area contributed by atoms with Gasteiger partial charge in [0.2, 0.25) is 5.91 Å². The minimum atomic E-state index is 0.296. The maximum absolute atomic E-state index is 11.3. The molecule has 0 heterocycles. The zero-order chi connectivity index (χ0) is 8.39. The van der Waals surface area contributed by atoms with E-state index in [9.17, 15) is 4.79 Å². The second-order valence-corrected chi connectivity index (χ2v) is 4.20. The van der Waals surface area contributed by atoms with Crippen molar-refractivity contribution < 1.29 is 4.79 Å². The van der Waals surface area contributed by atoms with Crippen molar-refractivity contribution in [2.75, 3.05) is 0 Å². The molecular formula is C10H17NO. The summed E-state index contributed by atoms with van der Waals surface area (Å²) in [5.74, 6) is 0.994. The van der Waals surface area contributed by atoms with Gasteiger partial charge in [0.25, 0.3) is 0 Å². The highest BCUT2D eigenvalue weighted by atomic mass is 16.1. The van der Waals surface area contributed by atoms with E-state index >= 15 is 0 Å². The van der Waals surface area contributed by atoms with Crippen molar-refractivity contribution in [2.24, 2.45) is 5.92 Å². The maximum Gasteiger partial charge on any atom is 0.220 e. The van der Waals surface area contributed by atoms with Crippen molar-refractivity contribution in [2.45, 2.75) is 51.0 Å². The molecule has 2 rings (SSSR count). The number of carbonyl (C=O) groups excluding carboxylic acids is 1. The van der Waals surface area contributed by atoms with Gasteiger partial charge in [0.1, 0.15) is 0 Å². The summed E-state index contributed by atoms with van der Waals surface area (Å²) in [5, 5.41) is 3.04. The quantitative estimate of drug-likeness (QED) is 0.682. The van der Waals surface area contributed by atoms with Gasteiger partial charge in [-0.3, -0.25) is 4.79 Å². The predicted octanol–water partition coefficient (Wildman–Crippen LogP) is 1.85. The molecule has 0 bridgehead atoms. The van der Waals surface area contributed by atoms with E-state index in [1.165, 1.54) is 38.5 Å². The fraction of sp³-hybridized carbons (Fsp3) is 0.900. The largest absolute Gasteiger partial charge is 0.353 e. The van der Waals surface area contributed by atoms with Gasteiger partial charge in [0.15, 0.2) is 0 Å². The Balaban J connectivity index is 1.66. The fourth-order valence-corrected chi connectivity index (χ4v) is 1.99. The Morgan fingerprint density at radius 1 is 1.17 bits per heavy atom. The lowest BCUT2D eigenvalue weighted by Gasteiger charge is -2.08. The maximum atomic E-state index is 11.3. The molecular weight excluding hydrogens is 150 g/mol. The molecule has 2 saturated carbocycles. The van der Waals surface area contributed by atoms with E-state index in [0.717, 1.165) is 6.42 Å². The van der Waals surface area contributed by atoms with Gasteiger partial charge in [0, 0.05) is 12.5 Å². The van der Waals surface area contributed by atoms with E-state index in [4.69, 9.17) is 0 Å². The van der Waals surface area contributed by atoms with Crippen LogP contribution in [0.25, 0.3) is 0 Å². The lowest BCUT2D eigenvalue weighted by molar-refractivity contribution is -0.122. The molecule has 0 aliphatic heterocycles. The number of carbonyl (C=O) groups is 1. The van der Waals surface area contributed by atoms with E-state index in [1.54, 1.807) is 0 Å². The Kier molecular flexibility index (Phi) is 2.33. The molecule has 2 heteroatoms. The number of hydrogen-bond donors (Lipinski definition) is 1. The van der Waals surface area contributed by atoms with Crippen LogP contribution in [-0.2, 0) is 4.79 Å². The van der Waals surface area contributed by atoms with Crippen molar-refractivity contribution in [1.29, 1.82) is 0 Å². The van der Waals surface area contributed by atoms with Crippen LogP contribution in [0.4, 0.5) is 0 Å². The third-order valence-electron chi connectivity index (χ3n) is 2.89. The summed E-state index contributed by atoms with van der Waals surface area (Å²) in [7, 11) is 0. The highest BCUT2D eigenvalue weighted by molar-refractivity contribution is 5.76. The highest BCUT2D eigenvalue weighted by Crippen LogP contribution is 2.28. The van der Waals surface area contributed by atoms with Crippen LogP contribution in [0.2, 0.25) is 0 Å². The van der Waals surface area contributed by atoms with Gasteiger partial charge in [0.05, 0.1) is 0 Å². The first-order valence-electron chi connectivity index (χ1n) is 5.14. The van der Waals surface area contributed by atoms with Crippen LogP contribution >= 0.6 is 0 Å². The molecule has 2 aliphatic carbocycles. The van der Waals surface area contributed by atoms with Gasteiger partial charge < -0.3 is 5.32 Å². The minimum absolute atomic E-state index is 0.296. The average Bonchev–Trinajstić information content (AvgIpc) is 2.66. The van der Waals surface area contributed by atoms with Crippen molar-refractivity contribution in [3.8, 4) is 0 Å². The smallest absolute Gasteiger partial charge is 0.220 e. The molecule has 2 nitrogen and oxygen atoms in total. The summed E-state index contributed by atoms with van der Waals surface area (Å²) in [5.41, 5.74) is 0. The summed E-state index contributed by atoms with van der Waals surface area (Å²) < 4.78 is 0. The normalized spacial score (nSPS) is 24.3. The minimum Gasteiger partial charge on any atom is -0.353 e. The summed E-state index contributed by atoms with van der Waals surface area (Å²) in [6.45, 7) is 0. The van der Waals surface area contributed by atoms with Crippen LogP contribution in [0.15, 0.2) is 0 Å². The zero-order valence-electron chi connectivity index (χ0n) is 7.51. The SMILES string of the molecule is O=C(CC1CCCC1)NC1CC1. The van der Waals surface area contributed by atoms with E-state index < -0.39 is 0 Å². The van der Waals surface area contributed by atoms with E-state index in [-0.39, 0.29) is 0 Å². The molecule has 0 saturated heterocycles. The van der Waals surface area contributed by atoms with Gasteiger partial charge in [-0.15, -0.1) is 0 Å². The first-order valence-corrected chi connectivity index (χ1v) is 5.14. The molecule has 2 aliphatic rings. The lowest BCUT2D eigenvalue weighted by Crippen LogP contribution is -2.26. The summed E-state index contributed by atoms with van der Waals surface area (Å²) in [6.07, 6.45) is 8.42. The fourth-order valence-electron chi connectivity index (χ4n) is 1.99. The predicted molar refractivity (Wildman–Crippen MR) is 47.7 cm³/mol. The van der Waals surface area contributed by atoms with E-state index in [2.05, 4.69) is 5.32 Å². The molecule has 0 aromatic heterocycles. The van der Waals surface area contributed by atoms with Crippen molar-refractivity contribution >= 4 is 5.91 Å². The number of amides is 1. The molecule has 1 amide bonds. The first kappa shape index (κ1) is 8.09. The van der Waals surface area contributed by atoms with Crippen LogP contribution in [-0.4, -0.2) is 11.9 Å². The van der Waals surface area contributed by atoms with E-state index in [1.807, 2.05) is 0 Å². The Labute approximate surface area is 73.7 Å². The van der Waals surface area contributed by atoms with Crippen molar-refractivity contribution in [3.05, 3.63) is 0 Å². The Morgan fingerprint density at radius 3 is 2.42 bits per heavy atom. The van der Waals surface area contributed by atoms with Gasteiger partial charge in [-0.1, -0.05) is 12.8 Å². The Morgan fingerprint density at radius 2 is 1.83 bits per heavy atom. The van der Waals surface area contributed by atoms with Crippen LogP contribution in [0, 0.1) is 5.92 Å². The van der Waals surface area contributed by atoms with Gasteiger partial charge in [-0.2, -0.15) is 0 Å². The standard InChI is InChI=1S/C10H17NO/c12-10(11-9-5-6-9)7-8-3-1-2-4-8/h8-9H,1-7H2,(H,11,12). The molecule has 0 atom stereocenters. The highest BCUT2D eigenvalue weighted by Gasteiger charge is 2.25. The Hall–Kier alpha value is -0.530. The summed E-state index contributed by atoms with van der Waals surface area (Å²) in [4.78, 5) is 11.3. The number of nitrogens with one attached hydrogen (secondary N) is 1. The number of rotatable bonds is 3. The van der Waals surface area contributed by atoms with Gasteiger partial charge in [-0.25, -0.2) is 0 Å². The number of hydrogen-bond acceptors (Lipinski definition) is 1. The molecule has 0 aromatic rings. The third-order valence-corrected chi connectivity index (χ3v) is 2.89. The van der Waals surface area contributed by atoms with Crippen molar-refractivity contribution in [3.63, 3.8) is 0 Å². The average molecular weight is 167 g/mol. The molecule has 0 radical (unpaired) electrons. The zero-order valence-corrected chi connectivity index (χ0v) is 7.51. The van der Waals surface area contributed by atoms with Crippen molar-refractivity contribution in [1.82, 2.24) is 5.32 Å². The van der Waals surface area contributed by atoms with Crippen LogP contribution in [0.5, 0.6) is 0 Å². The summed E-state index contributed by atoms with van der Waals surface area (Å²) in [6, 6.07) is 0.541. The molecule has 1 N–H and O–H groups in total. The van der Waals surface area contributed by atoms with Crippen LogP contribution < -0.4 is 5.32 Å².